The summed E-state index contributed by atoms with van der Waals surface area (Å²) in [5.74, 6) is 0.0154. The van der Waals surface area contributed by atoms with Crippen molar-refractivity contribution in [3.63, 3.8) is 0 Å². The zero-order valence-electron chi connectivity index (χ0n) is 16.0. The summed E-state index contributed by atoms with van der Waals surface area (Å²) in [5.41, 5.74) is -1.69. The van der Waals surface area contributed by atoms with E-state index >= 15 is 0 Å². The Bertz CT molecular complexity index is 673. The summed E-state index contributed by atoms with van der Waals surface area (Å²) in [7, 11) is 1.48. The normalized spacial score (nSPS) is 37.3. The van der Waals surface area contributed by atoms with Gasteiger partial charge in [0.15, 0.2) is 0 Å². The molecule has 0 aliphatic heterocycles. The molecule has 4 heteroatoms. The minimum absolute atomic E-state index is 0.125. The molecular weight excluding hydrogens is 344 g/mol. The topological polar surface area (TPSA) is 46.5 Å². The van der Waals surface area contributed by atoms with Gasteiger partial charge in [-0.05, 0) is 68.6 Å². The Morgan fingerprint density at radius 1 is 1.19 bits per heavy atom. The van der Waals surface area contributed by atoms with Crippen LogP contribution in [0.25, 0.3) is 0 Å². The number of fused-ring (bicyclic) bond motifs is 1. The minimum atomic E-state index is -0.882. The molecule has 1 unspecified atom stereocenters. The average molecular weight is 375 g/mol. The molecule has 3 nitrogen and oxygen atoms in total. The third-order valence-electron chi connectivity index (χ3n) is 6.91. The lowest BCUT2D eigenvalue weighted by molar-refractivity contribution is -0.187. The van der Waals surface area contributed by atoms with Crippen molar-refractivity contribution in [2.75, 3.05) is 7.11 Å². The first-order valence-corrected chi connectivity index (χ1v) is 10.4. The summed E-state index contributed by atoms with van der Waals surface area (Å²) >= 11 is 1.63. The molecule has 0 saturated heterocycles. The molecular formula is C22H30O3S. The highest BCUT2D eigenvalue weighted by atomic mass is 32.2. The van der Waals surface area contributed by atoms with Crippen LogP contribution in [0.4, 0.5) is 0 Å². The molecule has 0 radical (unpaired) electrons. The van der Waals surface area contributed by atoms with Gasteiger partial charge in [0, 0.05) is 10.3 Å². The van der Waals surface area contributed by atoms with E-state index in [1.165, 1.54) is 7.11 Å². The van der Waals surface area contributed by atoms with Crippen LogP contribution in [0.3, 0.4) is 0 Å². The monoisotopic (exact) mass is 374 g/mol. The lowest BCUT2D eigenvalue weighted by Gasteiger charge is -2.59. The average Bonchev–Trinajstić information content (AvgIpc) is 2.63. The van der Waals surface area contributed by atoms with Crippen LogP contribution in [-0.2, 0) is 9.53 Å². The Morgan fingerprint density at radius 2 is 1.92 bits per heavy atom. The van der Waals surface area contributed by atoms with Crippen LogP contribution >= 0.6 is 11.8 Å². The number of methoxy groups -OCH3 is 1. The molecule has 0 aromatic heterocycles. The van der Waals surface area contributed by atoms with Crippen molar-refractivity contribution in [2.45, 2.75) is 62.9 Å². The maximum Gasteiger partial charge on any atom is 0.311 e. The maximum absolute atomic E-state index is 12.6. The fourth-order valence-electron chi connectivity index (χ4n) is 5.37. The number of carbonyl (C=O) groups excluding carboxylic acids is 1. The van der Waals surface area contributed by atoms with Crippen LogP contribution in [0.2, 0.25) is 0 Å². The zero-order valence-corrected chi connectivity index (χ0v) is 16.8. The molecule has 1 aromatic rings. The predicted octanol–water partition coefficient (Wildman–Crippen LogP) is 5.19. The van der Waals surface area contributed by atoms with E-state index in [1.807, 2.05) is 36.6 Å². The van der Waals surface area contributed by atoms with Gasteiger partial charge in [-0.2, -0.15) is 0 Å². The van der Waals surface area contributed by atoms with E-state index in [0.29, 0.717) is 0 Å². The first-order chi connectivity index (χ1) is 12.4. The van der Waals surface area contributed by atoms with Crippen LogP contribution in [0.15, 0.2) is 46.7 Å². The number of hydrogen-bond donors (Lipinski definition) is 1. The standard InChI is InChI=1S/C22H30O3S/c1-20(19(23)25-3)12-8-13-21(2)18(20)11-7-14-22(21,24)15-16-26-17-9-5-4-6-10-17/h4-6,9-10,15-16,18,24H,7-8,11-14H2,1-3H3/b16-15+/t18-,20-,21-,22?/m1/s1. The Hall–Kier alpha value is -1.26. The van der Waals surface area contributed by atoms with E-state index in [0.717, 1.165) is 43.4 Å². The summed E-state index contributed by atoms with van der Waals surface area (Å²) in [6, 6.07) is 10.2. The van der Waals surface area contributed by atoms with Crippen LogP contribution in [-0.4, -0.2) is 23.8 Å². The highest BCUT2D eigenvalue weighted by Crippen LogP contribution is 2.62. The van der Waals surface area contributed by atoms with Crippen molar-refractivity contribution in [1.82, 2.24) is 0 Å². The van der Waals surface area contributed by atoms with Crippen molar-refractivity contribution in [2.24, 2.45) is 16.7 Å². The number of ether oxygens (including phenoxy) is 1. The molecule has 0 spiro atoms. The number of carbonyl (C=O) groups is 1. The first-order valence-electron chi connectivity index (χ1n) is 9.56. The molecule has 4 atom stereocenters. The lowest BCUT2D eigenvalue weighted by Crippen LogP contribution is -2.60. The molecule has 2 aliphatic rings. The van der Waals surface area contributed by atoms with Gasteiger partial charge >= 0.3 is 5.97 Å². The van der Waals surface area contributed by atoms with E-state index < -0.39 is 11.0 Å². The SMILES string of the molecule is COC(=O)[C@]1(C)CCC[C@]2(C)[C@@H]1CCCC2(O)/C=C/Sc1ccccc1. The van der Waals surface area contributed by atoms with Gasteiger partial charge in [0.2, 0.25) is 0 Å². The van der Waals surface area contributed by atoms with E-state index in [2.05, 4.69) is 19.1 Å². The van der Waals surface area contributed by atoms with Crippen molar-refractivity contribution in [3.05, 3.63) is 41.8 Å². The number of rotatable bonds is 4. The highest BCUT2D eigenvalue weighted by Gasteiger charge is 2.61. The van der Waals surface area contributed by atoms with Gasteiger partial charge in [-0.1, -0.05) is 43.3 Å². The molecule has 26 heavy (non-hydrogen) atoms. The number of benzene rings is 1. The maximum atomic E-state index is 12.6. The van der Waals surface area contributed by atoms with Crippen LogP contribution in [0.5, 0.6) is 0 Å². The first kappa shape index (κ1) is 19.5. The largest absolute Gasteiger partial charge is 0.469 e. The second-order valence-electron chi connectivity index (χ2n) is 8.28. The van der Waals surface area contributed by atoms with Crippen LogP contribution in [0, 0.1) is 16.7 Å². The van der Waals surface area contributed by atoms with Crippen LogP contribution < -0.4 is 0 Å². The van der Waals surface area contributed by atoms with Gasteiger partial charge in [0.1, 0.15) is 0 Å². The van der Waals surface area contributed by atoms with Gasteiger partial charge < -0.3 is 9.84 Å². The van der Waals surface area contributed by atoms with Gasteiger partial charge in [0.25, 0.3) is 0 Å². The molecule has 0 heterocycles. The van der Waals surface area contributed by atoms with Crippen molar-refractivity contribution in [3.8, 4) is 0 Å². The summed E-state index contributed by atoms with van der Waals surface area (Å²) in [4.78, 5) is 13.7. The Kier molecular flexibility index (Phi) is 5.55. The fourth-order valence-corrected chi connectivity index (χ4v) is 6.13. The van der Waals surface area contributed by atoms with Crippen molar-refractivity contribution >= 4 is 17.7 Å². The Morgan fingerprint density at radius 3 is 2.62 bits per heavy atom. The highest BCUT2D eigenvalue weighted by molar-refractivity contribution is 8.02. The molecule has 1 N–H and O–H groups in total. The molecule has 0 amide bonds. The fraction of sp³-hybridized carbons (Fsp3) is 0.591. The van der Waals surface area contributed by atoms with Gasteiger partial charge in [-0.25, -0.2) is 0 Å². The van der Waals surface area contributed by atoms with E-state index in [1.54, 1.807) is 11.8 Å². The lowest BCUT2D eigenvalue weighted by atomic mass is 9.46. The van der Waals surface area contributed by atoms with E-state index in [9.17, 15) is 9.90 Å². The molecule has 2 fully saturated rings. The summed E-state index contributed by atoms with van der Waals surface area (Å²) < 4.78 is 5.15. The van der Waals surface area contributed by atoms with Crippen LogP contribution in [0.1, 0.15) is 52.4 Å². The zero-order chi connectivity index (χ0) is 18.8. The third kappa shape index (κ3) is 3.22. The number of aliphatic hydroxyl groups is 1. The Balaban J connectivity index is 1.86. The van der Waals surface area contributed by atoms with E-state index in [4.69, 9.17) is 4.74 Å². The van der Waals surface area contributed by atoms with Gasteiger partial charge in [-0.15, -0.1) is 0 Å². The second-order valence-corrected chi connectivity index (χ2v) is 9.26. The second kappa shape index (κ2) is 7.40. The van der Waals surface area contributed by atoms with Gasteiger partial charge in [-0.3, -0.25) is 4.79 Å². The predicted molar refractivity (Wildman–Crippen MR) is 106 cm³/mol. The summed E-state index contributed by atoms with van der Waals surface area (Å²) in [5, 5.41) is 13.7. The molecule has 3 rings (SSSR count). The Labute approximate surface area is 161 Å². The van der Waals surface area contributed by atoms with Crippen molar-refractivity contribution in [1.29, 1.82) is 0 Å². The number of thioether (sulfide) groups is 1. The molecule has 2 saturated carbocycles. The molecule has 1 aromatic carbocycles. The third-order valence-corrected chi connectivity index (χ3v) is 7.73. The van der Waals surface area contributed by atoms with E-state index in [-0.39, 0.29) is 17.3 Å². The number of esters is 1. The smallest absolute Gasteiger partial charge is 0.311 e. The van der Waals surface area contributed by atoms with Gasteiger partial charge in [0.05, 0.1) is 18.1 Å². The van der Waals surface area contributed by atoms with Crippen molar-refractivity contribution < 1.29 is 14.6 Å². The quantitative estimate of drug-likeness (QED) is 0.582. The summed E-state index contributed by atoms with van der Waals surface area (Å²) in [6.45, 7) is 4.21. The molecule has 142 valence electrons. The summed E-state index contributed by atoms with van der Waals surface area (Å²) in [6.07, 6.45) is 7.39. The molecule has 0 bridgehead atoms. The minimum Gasteiger partial charge on any atom is -0.469 e. The number of hydrogen-bond acceptors (Lipinski definition) is 4. The molecule has 2 aliphatic carbocycles.